The van der Waals surface area contributed by atoms with E-state index in [1.807, 2.05) is 72.8 Å². The molecule has 3 aromatic rings. The molecule has 0 aliphatic rings. The number of hydrogen-bond donors (Lipinski definition) is 2. The molecule has 0 saturated carbocycles. The van der Waals surface area contributed by atoms with E-state index in [2.05, 4.69) is 46.9 Å². The first kappa shape index (κ1) is 27.0. The van der Waals surface area contributed by atoms with Gasteiger partial charge in [0.1, 0.15) is 11.8 Å². The van der Waals surface area contributed by atoms with E-state index in [1.54, 1.807) is 7.11 Å². The second kappa shape index (κ2) is 10.6. The van der Waals surface area contributed by atoms with E-state index < -0.39 is 17.9 Å². The molecule has 0 saturated heterocycles. The zero-order chi connectivity index (χ0) is 26.7. The van der Waals surface area contributed by atoms with E-state index in [9.17, 15) is 9.59 Å². The van der Waals surface area contributed by atoms with Gasteiger partial charge in [-0.05, 0) is 34.1 Å². The average molecular weight is 487 g/mol. The minimum atomic E-state index is -0.944. The highest BCUT2D eigenvalue weighted by atomic mass is 16.5. The van der Waals surface area contributed by atoms with Crippen LogP contribution in [0.4, 0.5) is 0 Å². The molecule has 3 aromatic carbocycles. The van der Waals surface area contributed by atoms with Crippen LogP contribution in [0.2, 0.25) is 0 Å². The third-order valence-electron chi connectivity index (χ3n) is 6.42. The van der Waals surface area contributed by atoms with Gasteiger partial charge in [0.05, 0.1) is 7.11 Å². The second-order valence-corrected chi connectivity index (χ2v) is 11.3. The topological polar surface area (TPSA) is 81.4 Å². The summed E-state index contributed by atoms with van der Waals surface area (Å²) in [7, 11) is 1.66. The fraction of sp³-hybridized carbons (Fsp3) is 0.355. The Hall–Kier alpha value is -3.60. The van der Waals surface area contributed by atoms with E-state index >= 15 is 0 Å². The van der Waals surface area contributed by atoms with Crippen LogP contribution < -0.4 is 15.8 Å². The van der Waals surface area contributed by atoms with Gasteiger partial charge < -0.3 is 15.8 Å². The highest BCUT2D eigenvalue weighted by molar-refractivity contribution is 5.98. The lowest BCUT2D eigenvalue weighted by molar-refractivity contribution is -0.120. The molecule has 5 heteroatoms. The lowest BCUT2D eigenvalue weighted by Gasteiger charge is -2.30. The second-order valence-electron chi connectivity index (χ2n) is 11.3. The summed E-state index contributed by atoms with van der Waals surface area (Å²) in [6, 6.07) is 22.1. The Kier molecular flexibility index (Phi) is 7.92. The van der Waals surface area contributed by atoms with Gasteiger partial charge in [0.15, 0.2) is 0 Å². The fourth-order valence-corrected chi connectivity index (χ4v) is 4.54. The number of methoxy groups -OCH3 is 1. The highest BCUT2D eigenvalue weighted by Gasteiger charge is 2.33. The molecule has 0 bridgehead atoms. The first-order valence-corrected chi connectivity index (χ1v) is 12.3. The molecule has 3 rings (SSSR count). The van der Waals surface area contributed by atoms with E-state index in [4.69, 9.17) is 10.5 Å². The molecule has 0 spiro atoms. The Labute approximate surface area is 215 Å². The van der Waals surface area contributed by atoms with Gasteiger partial charge in [-0.3, -0.25) is 9.59 Å². The molecule has 2 amide bonds. The van der Waals surface area contributed by atoms with E-state index in [0.29, 0.717) is 5.56 Å². The SMILES string of the molecule is COc1c(C(C)(C)C)cc(C(=O)N[C@H](C(N)=O)C(c2ccccc2)c2ccccc2)cc1C(C)(C)C. The molecule has 0 aromatic heterocycles. The smallest absolute Gasteiger partial charge is 0.251 e. The van der Waals surface area contributed by atoms with Crippen LogP contribution in [-0.2, 0) is 15.6 Å². The highest BCUT2D eigenvalue weighted by Crippen LogP contribution is 2.40. The van der Waals surface area contributed by atoms with Crippen LogP contribution in [0.1, 0.15) is 80.1 Å². The van der Waals surface area contributed by atoms with E-state index in [1.165, 1.54) is 0 Å². The van der Waals surface area contributed by atoms with Crippen LogP contribution >= 0.6 is 0 Å². The normalized spacial score (nSPS) is 12.8. The zero-order valence-corrected chi connectivity index (χ0v) is 22.4. The van der Waals surface area contributed by atoms with Crippen LogP contribution in [0.3, 0.4) is 0 Å². The number of carbonyl (C=O) groups is 2. The van der Waals surface area contributed by atoms with Crippen molar-refractivity contribution in [3.05, 3.63) is 101 Å². The first-order valence-electron chi connectivity index (χ1n) is 12.3. The number of nitrogens with two attached hydrogens (primary N) is 1. The van der Waals surface area contributed by atoms with Crippen LogP contribution in [0.5, 0.6) is 5.75 Å². The Morgan fingerprint density at radius 3 is 1.53 bits per heavy atom. The van der Waals surface area contributed by atoms with Crippen molar-refractivity contribution < 1.29 is 14.3 Å². The van der Waals surface area contributed by atoms with Crippen molar-refractivity contribution >= 4 is 11.8 Å². The van der Waals surface area contributed by atoms with Gasteiger partial charge in [-0.2, -0.15) is 0 Å². The molecule has 3 N–H and O–H groups in total. The Balaban J connectivity index is 2.12. The maximum atomic E-state index is 13.7. The molecule has 190 valence electrons. The predicted molar refractivity (Wildman–Crippen MR) is 146 cm³/mol. The first-order chi connectivity index (χ1) is 16.8. The van der Waals surface area contributed by atoms with Crippen molar-refractivity contribution in [3.8, 4) is 5.75 Å². The molecule has 0 fully saturated rings. The quantitative estimate of drug-likeness (QED) is 0.449. The number of rotatable bonds is 7. The van der Waals surface area contributed by atoms with Crippen molar-refractivity contribution in [3.63, 3.8) is 0 Å². The van der Waals surface area contributed by atoms with Gasteiger partial charge in [0.2, 0.25) is 5.91 Å². The lowest BCUT2D eigenvalue weighted by Crippen LogP contribution is -2.48. The zero-order valence-electron chi connectivity index (χ0n) is 22.4. The number of hydrogen-bond acceptors (Lipinski definition) is 3. The minimum Gasteiger partial charge on any atom is -0.496 e. The number of primary amides is 1. The molecule has 0 radical (unpaired) electrons. The van der Waals surface area contributed by atoms with E-state index in [-0.39, 0.29) is 16.7 Å². The third-order valence-corrected chi connectivity index (χ3v) is 6.42. The Morgan fingerprint density at radius 2 is 1.19 bits per heavy atom. The standard InChI is InChI=1S/C31H38N2O3/c1-30(2,3)23-18-22(19-24(27(23)36-7)31(4,5)6)29(35)33-26(28(32)34)25(20-14-10-8-11-15-20)21-16-12-9-13-17-21/h8-19,25-26H,1-7H3,(H2,32,34)(H,33,35)/t26-/m0/s1. The molecule has 0 aliphatic heterocycles. The van der Waals surface area contributed by atoms with Gasteiger partial charge in [-0.15, -0.1) is 0 Å². The van der Waals surface area contributed by atoms with Crippen LogP contribution in [0.15, 0.2) is 72.8 Å². The van der Waals surface area contributed by atoms with Crippen LogP contribution in [0.25, 0.3) is 0 Å². The molecular weight excluding hydrogens is 448 g/mol. The van der Waals surface area contributed by atoms with Crippen molar-refractivity contribution in [2.45, 2.75) is 64.3 Å². The van der Waals surface area contributed by atoms with Gasteiger partial charge in [-0.1, -0.05) is 102 Å². The number of benzene rings is 3. The van der Waals surface area contributed by atoms with Crippen molar-refractivity contribution in [1.29, 1.82) is 0 Å². The van der Waals surface area contributed by atoms with E-state index in [0.717, 1.165) is 28.0 Å². The molecule has 0 unspecified atom stereocenters. The molecule has 36 heavy (non-hydrogen) atoms. The van der Waals surface area contributed by atoms with Crippen molar-refractivity contribution in [2.75, 3.05) is 7.11 Å². The predicted octanol–water partition coefficient (Wildman–Crippen LogP) is 5.71. The summed E-state index contributed by atoms with van der Waals surface area (Å²) in [5.41, 5.74) is 9.51. The fourth-order valence-electron chi connectivity index (χ4n) is 4.54. The third kappa shape index (κ3) is 5.96. The van der Waals surface area contributed by atoms with Crippen LogP contribution in [-0.4, -0.2) is 25.0 Å². The molecular formula is C31H38N2O3. The summed E-state index contributed by atoms with van der Waals surface area (Å²) < 4.78 is 5.83. The Bertz CT molecular complexity index is 1130. The Morgan fingerprint density at radius 1 is 0.778 bits per heavy atom. The summed E-state index contributed by atoms with van der Waals surface area (Å²) >= 11 is 0. The maximum absolute atomic E-state index is 13.7. The summed E-state index contributed by atoms with van der Waals surface area (Å²) in [5, 5.41) is 2.97. The summed E-state index contributed by atoms with van der Waals surface area (Å²) in [4.78, 5) is 26.5. The maximum Gasteiger partial charge on any atom is 0.251 e. The summed E-state index contributed by atoms with van der Waals surface area (Å²) in [6.07, 6.45) is 0. The summed E-state index contributed by atoms with van der Waals surface area (Å²) in [6.45, 7) is 12.5. The van der Waals surface area contributed by atoms with Gasteiger partial charge >= 0.3 is 0 Å². The average Bonchev–Trinajstić information content (AvgIpc) is 2.82. The number of nitrogens with one attached hydrogen (secondary N) is 1. The molecule has 5 nitrogen and oxygen atoms in total. The van der Waals surface area contributed by atoms with Crippen LogP contribution in [0, 0.1) is 0 Å². The molecule has 1 atom stereocenters. The van der Waals surface area contributed by atoms with Gasteiger partial charge in [-0.25, -0.2) is 0 Å². The molecule has 0 heterocycles. The largest absolute Gasteiger partial charge is 0.496 e. The number of amides is 2. The van der Waals surface area contributed by atoms with Gasteiger partial charge in [0, 0.05) is 22.6 Å². The molecule has 0 aliphatic carbocycles. The number of carbonyl (C=O) groups excluding carboxylic acids is 2. The van der Waals surface area contributed by atoms with Crippen molar-refractivity contribution in [2.24, 2.45) is 5.73 Å². The monoisotopic (exact) mass is 486 g/mol. The lowest BCUT2D eigenvalue weighted by atomic mass is 9.78. The minimum absolute atomic E-state index is 0.263. The number of ether oxygens (including phenoxy) is 1. The van der Waals surface area contributed by atoms with Gasteiger partial charge in [0.25, 0.3) is 5.91 Å². The summed E-state index contributed by atoms with van der Waals surface area (Å²) in [5.74, 6) is -0.600. The van der Waals surface area contributed by atoms with Crippen molar-refractivity contribution in [1.82, 2.24) is 5.32 Å².